The highest BCUT2D eigenvalue weighted by molar-refractivity contribution is 6.22. The molecule has 0 aliphatic rings. The van der Waals surface area contributed by atoms with Crippen LogP contribution < -0.4 is 9.47 Å². The van der Waals surface area contributed by atoms with Gasteiger partial charge in [0.1, 0.15) is 23.1 Å². The van der Waals surface area contributed by atoms with Crippen molar-refractivity contribution in [2.45, 2.75) is 12.3 Å². The van der Waals surface area contributed by atoms with E-state index in [0.717, 1.165) is 12.1 Å². The SMILES string of the molecule is COc1cc(OC)cc(C(Cl)c2cc(F)c(C)cc2F)c1. The van der Waals surface area contributed by atoms with Gasteiger partial charge in [0.05, 0.1) is 19.6 Å². The Balaban J connectivity index is 2.49. The molecule has 21 heavy (non-hydrogen) atoms. The van der Waals surface area contributed by atoms with Crippen LogP contribution >= 0.6 is 11.6 Å². The predicted octanol–water partition coefficient (Wildman–Crippen LogP) is 4.62. The molecule has 0 saturated carbocycles. The Hall–Kier alpha value is -1.81. The van der Waals surface area contributed by atoms with Gasteiger partial charge in [-0.1, -0.05) is 0 Å². The molecule has 0 fully saturated rings. The van der Waals surface area contributed by atoms with E-state index in [-0.39, 0.29) is 11.1 Å². The number of alkyl halides is 1. The van der Waals surface area contributed by atoms with Crippen molar-refractivity contribution in [3.8, 4) is 11.5 Å². The highest BCUT2D eigenvalue weighted by Crippen LogP contribution is 2.35. The quantitative estimate of drug-likeness (QED) is 0.767. The van der Waals surface area contributed by atoms with Gasteiger partial charge in [0, 0.05) is 11.6 Å². The Morgan fingerprint density at radius 1 is 0.905 bits per heavy atom. The van der Waals surface area contributed by atoms with Gasteiger partial charge in [-0.15, -0.1) is 11.6 Å². The molecular weight excluding hydrogens is 298 g/mol. The van der Waals surface area contributed by atoms with E-state index < -0.39 is 17.0 Å². The lowest BCUT2D eigenvalue weighted by atomic mass is 10.0. The number of methoxy groups -OCH3 is 2. The Kier molecular flexibility index (Phi) is 4.68. The van der Waals surface area contributed by atoms with E-state index in [1.807, 2.05) is 0 Å². The number of halogens is 3. The minimum absolute atomic E-state index is 0.0788. The Labute approximate surface area is 127 Å². The summed E-state index contributed by atoms with van der Waals surface area (Å²) in [5.41, 5.74) is 0.883. The van der Waals surface area contributed by atoms with Crippen molar-refractivity contribution in [2.24, 2.45) is 0 Å². The monoisotopic (exact) mass is 312 g/mol. The number of ether oxygens (including phenoxy) is 2. The molecule has 0 radical (unpaired) electrons. The molecule has 0 aliphatic carbocycles. The van der Waals surface area contributed by atoms with E-state index in [1.54, 1.807) is 18.2 Å². The molecule has 0 amide bonds. The fraction of sp³-hybridized carbons (Fsp3) is 0.250. The van der Waals surface area contributed by atoms with Crippen LogP contribution in [0.25, 0.3) is 0 Å². The van der Waals surface area contributed by atoms with Crippen LogP contribution in [0.3, 0.4) is 0 Å². The summed E-state index contributed by atoms with van der Waals surface area (Å²) in [7, 11) is 3.02. The Morgan fingerprint density at radius 3 is 2.00 bits per heavy atom. The van der Waals surface area contributed by atoms with Crippen molar-refractivity contribution in [1.82, 2.24) is 0 Å². The lowest BCUT2D eigenvalue weighted by Crippen LogP contribution is -2.01. The molecular formula is C16H15ClF2O2. The fourth-order valence-corrected chi connectivity index (χ4v) is 2.30. The van der Waals surface area contributed by atoms with Gasteiger partial charge in [-0.25, -0.2) is 8.78 Å². The topological polar surface area (TPSA) is 18.5 Å². The molecule has 0 N–H and O–H groups in total. The van der Waals surface area contributed by atoms with Gasteiger partial charge in [0.15, 0.2) is 0 Å². The Bertz CT molecular complexity index is 637. The van der Waals surface area contributed by atoms with Crippen molar-refractivity contribution < 1.29 is 18.3 Å². The summed E-state index contributed by atoms with van der Waals surface area (Å²) in [5.74, 6) is 0.0218. The molecule has 112 valence electrons. The van der Waals surface area contributed by atoms with Gasteiger partial charge in [0.2, 0.25) is 0 Å². The first kappa shape index (κ1) is 15.6. The maximum absolute atomic E-state index is 14.0. The standard InChI is InChI=1S/C16H15ClF2O2/c1-9-4-15(19)13(8-14(9)18)16(17)10-5-11(20-2)7-12(6-10)21-3/h4-8,16H,1-3H3. The molecule has 5 heteroatoms. The van der Waals surface area contributed by atoms with Gasteiger partial charge in [-0.05, 0) is 42.3 Å². The van der Waals surface area contributed by atoms with Crippen LogP contribution in [0, 0.1) is 18.6 Å². The third-order valence-electron chi connectivity index (χ3n) is 3.22. The minimum Gasteiger partial charge on any atom is -0.497 e. The maximum atomic E-state index is 14.0. The van der Waals surface area contributed by atoms with Crippen molar-refractivity contribution in [3.63, 3.8) is 0 Å². The minimum atomic E-state index is -0.843. The Morgan fingerprint density at radius 2 is 1.48 bits per heavy atom. The summed E-state index contributed by atoms with van der Waals surface area (Å²) in [6, 6.07) is 7.26. The zero-order chi connectivity index (χ0) is 15.6. The second-order valence-electron chi connectivity index (χ2n) is 4.63. The average molecular weight is 313 g/mol. The number of hydrogen-bond acceptors (Lipinski definition) is 2. The smallest absolute Gasteiger partial charge is 0.128 e. The van der Waals surface area contributed by atoms with E-state index in [0.29, 0.717) is 17.1 Å². The molecule has 0 heterocycles. The van der Waals surface area contributed by atoms with Crippen LogP contribution in [0.4, 0.5) is 8.78 Å². The predicted molar refractivity (Wildman–Crippen MR) is 78.3 cm³/mol. The highest BCUT2D eigenvalue weighted by Gasteiger charge is 2.19. The summed E-state index contributed by atoms with van der Waals surface area (Å²) in [4.78, 5) is 0. The first-order valence-electron chi connectivity index (χ1n) is 6.29. The van der Waals surface area contributed by atoms with Crippen LogP contribution in [0.5, 0.6) is 11.5 Å². The molecule has 2 aromatic carbocycles. The van der Waals surface area contributed by atoms with Crippen molar-refractivity contribution in [3.05, 3.63) is 58.7 Å². The molecule has 0 spiro atoms. The van der Waals surface area contributed by atoms with E-state index in [4.69, 9.17) is 21.1 Å². The lowest BCUT2D eigenvalue weighted by Gasteiger charge is -2.15. The highest BCUT2D eigenvalue weighted by atomic mass is 35.5. The zero-order valence-electron chi connectivity index (χ0n) is 11.9. The van der Waals surface area contributed by atoms with Crippen molar-refractivity contribution >= 4 is 11.6 Å². The lowest BCUT2D eigenvalue weighted by molar-refractivity contribution is 0.393. The van der Waals surface area contributed by atoms with Crippen LogP contribution in [0.1, 0.15) is 22.1 Å². The first-order chi connectivity index (χ1) is 9.96. The zero-order valence-corrected chi connectivity index (χ0v) is 12.7. The van der Waals surface area contributed by atoms with Crippen molar-refractivity contribution in [2.75, 3.05) is 14.2 Å². The summed E-state index contributed by atoms with van der Waals surface area (Å²) >= 11 is 6.30. The van der Waals surface area contributed by atoms with E-state index in [2.05, 4.69) is 0 Å². The number of rotatable bonds is 4. The van der Waals surface area contributed by atoms with Gasteiger partial charge in [-0.2, -0.15) is 0 Å². The second-order valence-corrected chi connectivity index (χ2v) is 5.07. The van der Waals surface area contributed by atoms with Crippen LogP contribution in [-0.2, 0) is 0 Å². The summed E-state index contributed by atoms with van der Waals surface area (Å²) in [5, 5.41) is -0.843. The number of benzene rings is 2. The van der Waals surface area contributed by atoms with Gasteiger partial charge in [0.25, 0.3) is 0 Å². The molecule has 1 unspecified atom stereocenters. The maximum Gasteiger partial charge on any atom is 0.128 e. The third-order valence-corrected chi connectivity index (χ3v) is 3.70. The number of aryl methyl sites for hydroxylation is 1. The molecule has 2 aromatic rings. The molecule has 2 rings (SSSR count). The summed E-state index contributed by atoms with van der Waals surface area (Å²) < 4.78 is 38.0. The molecule has 1 atom stereocenters. The van der Waals surface area contributed by atoms with Crippen LogP contribution in [-0.4, -0.2) is 14.2 Å². The molecule has 0 aliphatic heterocycles. The molecule has 2 nitrogen and oxygen atoms in total. The number of hydrogen-bond donors (Lipinski definition) is 0. The van der Waals surface area contributed by atoms with Gasteiger partial charge < -0.3 is 9.47 Å². The van der Waals surface area contributed by atoms with Crippen molar-refractivity contribution in [1.29, 1.82) is 0 Å². The summed E-state index contributed by atoms with van der Waals surface area (Å²) in [6.45, 7) is 1.50. The molecule has 0 saturated heterocycles. The molecule has 0 aromatic heterocycles. The average Bonchev–Trinajstić information content (AvgIpc) is 2.49. The first-order valence-corrected chi connectivity index (χ1v) is 6.72. The normalized spacial score (nSPS) is 12.1. The van der Waals surface area contributed by atoms with Crippen LogP contribution in [0.15, 0.2) is 30.3 Å². The van der Waals surface area contributed by atoms with Gasteiger partial charge in [-0.3, -0.25) is 0 Å². The fourth-order valence-electron chi connectivity index (χ4n) is 2.01. The van der Waals surface area contributed by atoms with E-state index in [1.165, 1.54) is 21.1 Å². The summed E-state index contributed by atoms with van der Waals surface area (Å²) in [6.07, 6.45) is 0. The third kappa shape index (κ3) is 3.27. The van der Waals surface area contributed by atoms with Gasteiger partial charge >= 0.3 is 0 Å². The van der Waals surface area contributed by atoms with E-state index >= 15 is 0 Å². The van der Waals surface area contributed by atoms with E-state index in [9.17, 15) is 8.78 Å². The second kappa shape index (κ2) is 6.31. The largest absolute Gasteiger partial charge is 0.497 e. The van der Waals surface area contributed by atoms with Crippen LogP contribution in [0.2, 0.25) is 0 Å². The molecule has 0 bridgehead atoms.